The molecule has 170 valence electrons. The maximum atomic E-state index is 13.8. The molecule has 0 spiro atoms. The molecule has 10 heteroatoms. The van der Waals surface area contributed by atoms with Gasteiger partial charge < -0.3 is 14.2 Å². The van der Waals surface area contributed by atoms with Gasteiger partial charge in [0, 0.05) is 31.7 Å². The molecular weight excluding hydrogens is 440 g/mol. The second kappa shape index (κ2) is 9.76. The topological polar surface area (TPSA) is 64.1 Å². The molecule has 0 unspecified atom stereocenters. The van der Waals surface area contributed by atoms with E-state index in [0.29, 0.717) is 48.5 Å². The van der Waals surface area contributed by atoms with Gasteiger partial charge >= 0.3 is 0 Å². The highest BCUT2D eigenvalue weighted by Gasteiger charge is 2.25. The number of morpholine rings is 1. The van der Waals surface area contributed by atoms with Gasteiger partial charge in [0.25, 0.3) is 5.91 Å². The molecule has 4 rings (SSSR count). The molecule has 0 atom stereocenters. The van der Waals surface area contributed by atoms with Gasteiger partial charge in [0.2, 0.25) is 0 Å². The average molecular weight is 464 g/mol. The fraction of sp³-hybridized carbons (Fsp3) is 0.364. The summed E-state index contributed by atoms with van der Waals surface area (Å²) in [5.41, 5.74) is 0.616. The van der Waals surface area contributed by atoms with Gasteiger partial charge in [0.05, 0.1) is 27.4 Å². The molecule has 0 N–H and O–H groups in total. The minimum absolute atomic E-state index is 0.0454. The van der Waals surface area contributed by atoms with Gasteiger partial charge in [0.15, 0.2) is 16.8 Å². The molecule has 0 bridgehead atoms. The lowest BCUT2D eigenvalue weighted by atomic mass is 10.2. The minimum Gasteiger partial charge on any atom is -0.495 e. The van der Waals surface area contributed by atoms with Crippen LogP contribution in [0.25, 0.3) is 10.2 Å². The van der Waals surface area contributed by atoms with Crippen LogP contribution >= 0.6 is 11.3 Å². The third-order valence-electron chi connectivity index (χ3n) is 5.29. The summed E-state index contributed by atoms with van der Waals surface area (Å²) in [5, 5.41) is 0.422. The highest BCUT2D eigenvalue weighted by atomic mass is 32.1. The number of thiazole rings is 1. The number of aromatic nitrogens is 1. The zero-order valence-corrected chi connectivity index (χ0v) is 18.6. The van der Waals surface area contributed by atoms with Crippen molar-refractivity contribution < 1.29 is 27.8 Å². The monoisotopic (exact) mass is 463 g/mol. The van der Waals surface area contributed by atoms with E-state index < -0.39 is 17.5 Å². The summed E-state index contributed by atoms with van der Waals surface area (Å²) in [5.74, 6) is -1.38. The number of benzene rings is 2. The van der Waals surface area contributed by atoms with Gasteiger partial charge in [-0.25, -0.2) is 13.8 Å². The summed E-state index contributed by atoms with van der Waals surface area (Å²) in [6.07, 6.45) is 0. The molecule has 7 nitrogen and oxygen atoms in total. The number of ether oxygens (including phenoxy) is 3. The zero-order valence-electron chi connectivity index (χ0n) is 17.8. The predicted octanol–water partition coefficient (Wildman–Crippen LogP) is 3.57. The second-order valence-electron chi connectivity index (χ2n) is 7.18. The lowest BCUT2D eigenvalue weighted by Crippen LogP contribution is -2.43. The smallest absolute Gasteiger partial charge is 0.260 e. The van der Waals surface area contributed by atoms with E-state index in [2.05, 4.69) is 9.88 Å². The van der Waals surface area contributed by atoms with Crippen molar-refractivity contribution in [1.82, 2.24) is 9.88 Å². The fourth-order valence-corrected chi connectivity index (χ4v) is 4.62. The summed E-state index contributed by atoms with van der Waals surface area (Å²) in [6.45, 7) is 3.69. The van der Waals surface area contributed by atoms with Gasteiger partial charge in [-0.15, -0.1) is 0 Å². The largest absolute Gasteiger partial charge is 0.495 e. The molecule has 0 radical (unpaired) electrons. The van der Waals surface area contributed by atoms with E-state index in [-0.39, 0.29) is 5.56 Å². The predicted molar refractivity (Wildman–Crippen MR) is 118 cm³/mol. The van der Waals surface area contributed by atoms with Crippen LogP contribution in [-0.4, -0.2) is 69.4 Å². The van der Waals surface area contributed by atoms with Crippen LogP contribution in [0.15, 0.2) is 30.3 Å². The summed E-state index contributed by atoms with van der Waals surface area (Å²) in [6, 6.07) is 6.66. The molecule has 0 aliphatic carbocycles. The number of hydrogen-bond acceptors (Lipinski definition) is 7. The lowest BCUT2D eigenvalue weighted by molar-refractivity contribution is 0.0391. The average Bonchev–Trinajstić information content (AvgIpc) is 3.26. The molecule has 3 aromatic rings. The highest BCUT2D eigenvalue weighted by molar-refractivity contribution is 7.22. The van der Waals surface area contributed by atoms with Crippen LogP contribution < -0.4 is 14.4 Å². The number of halogens is 2. The minimum atomic E-state index is -1.07. The summed E-state index contributed by atoms with van der Waals surface area (Å²) in [7, 11) is 3.10. The maximum absolute atomic E-state index is 13.8. The number of nitrogens with zero attached hydrogens (tertiary/aromatic N) is 3. The fourth-order valence-electron chi connectivity index (χ4n) is 3.52. The molecule has 1 saturated heterocycles. The van der Waals surface area contributed by atoms with Crippen molar-refractivity contribution in [1.29, 1.82) is 0 Å². The third kappa shape index (κ3) is 4.52. The Morgan fingerprint density at radius 2 is 1.84 bits per heavy atom. The number of carbonyl (C=O) groups is 1. The van der Waals surface area contributed by atoms with Crippen molar-refractivity contribution in [2.24, 2.45) is 0 Å². The Labute approximate surface area is 188 Å². The molecule has 1 aliphatic heterocycles. The van der Waals surface area contributed by atoms with Crippen LogP contribution in [0.1, 0.15) is 10.4 Å². The zero-order chi connectivity index (χ0) is 22.7. The number of amides is 1. The quantitative estimate of drug-likeness (QED) is 0.534. The van der Waals surface area contributed by atoms with Gasteiger partial charge in [-0.2, -0.15) is 0 Å². The van der Waals surface area contributed by atoms with Crippen LogP contribution in [0.2, 0.25) is 0 Å². The number of hydrogen-bond donors (Lipinski definition) is 0. The second-order valence-corrected chi connectivity index (χ2v) is 8.16. The van der Waals surface area contributed by atoms with E-state index in [1.165, 1.54) is 22.3 Å². The van der Waals surface area contributed by atoms with Gasteiger partial charge in [-0.1, -0.05) is 11.3 Å². The van der Waals surface area contributed by atoms with E-state index in [9.17, 15) is 13.6 Å². The Bertz CT molecular complexity index is 1080. The van der Waals surface area contributed by atoms with Crippen LogP contribution in [0, 0.1) is 11.6 Å². The first-order valence-corrected chi connectivity index (χ1v) is 10.9. The van der Waals surface area contributed by atoms with E-state index in [1.54, 1.807) is 26.4 Å². The normalized spacial score (nSPS) is 14.5. The van der Waals surface area contributed by atoms with Crippen LogP contribution in [0.5, 0.6) is 11.5 Å². The number of methoxy groups -OCH3 is 2. The van der Waals surface area contributed by atoms with Gasteiger partial charge in [-0.05, 0) is 30.3 Å². The lowest BCUT2D eigenvalue weighted by Gasteiger charge is -2.29. The maximum Gasteiger partial charge on any atom is 0.260 e. The summed E-state index contributed by atoms with van der Waals surface area (Å²) >= 11 is 1.28. The molecular formula is C22H23F2N3O4S. The number of carbonyl (C=O) groups excluding carboxylic acids is 1. The Morgan fingerprint density at radius 1 is 1.12 bits per heavy atom. The molecule has 32 heavy (non-hydrogen) atoms. The first-order chi connectivity index (χ1) is 15.5. The molecule has 1 amide bonds. The number of anilines is 1. The van der Waals surface area contributed by atoms with Crippen molar-refractivity contribution in [2.75, 3.05) is 58.5 Å². The SMILES string of the molecule is COc1ccc(OC)c2sc(N(CCN3CCOCC3)C(=O)c3ccc(F)c(F)c3)nc12. The van der Waals surface area contributed by atoms with Crippen molar-refractivity contribution in [3.63, 3.8) is 0 Å². The Kier molecular flexibility index (Phi) is 6.83. The van der Waals surface area contributed by atoms with Gasteiger partial charge in [0.1, 0.15) is 21.7 Å². The highest BCUT2D eigenvalue weighted by Crippen LogP contribution is 2.40. The number of rotatable bonds is 7. The van der Waals surface area contributed by atoms with E-state index in [1.807, 2.05) is 0 Å². The summed E-state index contributed by atoms with van der Waals surface area (Å²) < 4.78 is 44.2. The number of fused-ring (bicyclic) bond motifs is 1. The van der Waals surface area contributed by atoms with E-state index >= 15 is 0 Å². The molecule has 2 heterocycles. The van der Waals surface area contributed by atoms with Crippen LogP contribution in [0.3, 0.4) is 0 Å². The Morgan fingerprint density at radius 3 is 2.53 bits per heavy atom. The van der Waals surface area contributed by atoms with E-state index in [4.69, 9.17) is 14.2 Å². The van der Waals surface area contributed by atoms with Crippen molar-refractivity contribution >= 4 is 32.6 Å². The Balaban J connectivity index is 1.72. The van der Waals surface area contributed by atoms with Crippen molar-refractivity contribution in [2.45, 2.75) is 0 Å². The van der Waals surface area contributed by atoms with Crippen molar-refractivity contribution in [3.8, 4) is 11.5 Å². The molecule has 1 fully saturated rings. The van der Waals surface area contributed by atoms with Crippen LogP contribution in [0.4, 0.5) is 13.9 Å². The molecule has 1 aromatic heterocycles. The third-order valence-corrected chi connectivity index (χ3v) is 6.38. The molecule has 2 aromatic carbocycles. The van der Waals surface area contributed by atoms with E-state index in [0.717, 1.165) is 29.9 Å². The summed E-state index contributed by atoms with van der Waals surface area (Å²) in [4.78, 5) is 21.7. The first kappa shape index (κ1) is 22.4. The van der Waals surface area contributed by atoms with Crippen LogP contribution in [-0.2, 0) is 4.74 Å². The van der Waals surface area contributed by atoms with Crippen molar-refractivity contribution in [3.05, 3.63) is 47.5 Å². The standard InChI is InChI=1S/C22H23F2N3O4S/c1-29-17-5-6-18(30-2)20-19(17)25-22(32-20)27(8-7-26-9-11-31-12-10-26)21(28)14-3-4-15(23)16(24)13-14/h3-6,13H,7-12H2,1-2H3. The first-order valence-electron chi connectivity index (χ1n) is 10.1. The molecule has 1 aliphatic rings. The molecule has 0 saturated carbocycles. The van der Waals surface area contributed by atoms with Gasteiger partial charge in [-0.3, -0.25) is 14.6 Å². The Hall–Kier alpha value is -2.82.